The van der Waals surface area contributed by atoms with Crippen molar-refractivity contribution in [3.05, 3.63) is 0 Å². The molecule has 0 radical (unpaired) electrons. The highest BCUT2D eigenvalue weighted by Gasteiger charge is 2.27. The highest BCUT2D eigenvalue weighted by atomic mass is 79.9. The van der Waals surface area contributed by atoms with Crippen LogP contribution in [0, 0.1) is 5.92 Å². The molecule has 0 heterocycles. The molecule has 1 rings (SSSR count). The summed E-state index contributed by atoms with van der Waals surface area (Å²) >= 11 is 3.37. The Morgan fingerprint density at radius 3 is 2.62 bits per heavy atom. The second kappa shape index (κ2) is 4.75. The van der Waals surface area contributed by atoms with E-state index in [9.17, 15) is 8.42 Å². The minimum Gasteiger partial charge on any atom is -0.215 e. The zero-order valence-electron chi connectivity index (χ0n) is 7.79. The summed E-state index contributed by atoms with van der Waals surface area (Å²) in [6, 6.07) is 0. The number of hydrogen-bond donors (Lipinski definition) is 1. The highest BCUT2D eigenvalue weighted by molar-refractivity contribution is 9.09. The molecule has 1 atom stereocenters. The summed E-state index contributed by atoms with van der Waals surface area (Å²) in [4.78, 5) is 0.371. The van der Waals surface area contributed by atoms with E-state index in [2.05, 4.69) is 20.7 Å². The SMILES string of the molecule is CC(Br)CCNS(=O)(=O)CC1CC1. The molecule has 1 aliphatic rings. The van der Waals surface area contributed by atoms with Gasteiger partial charge in [0, 0.05) is 11.4 Å². The van der Waals surface area contributed by atoms with Crippen LogP contribution in [0.25, 0.3) is 0 Å². The molecule has 0 bridgehead atoms. The Morgan fingerprint density at radius 1 is 1.54 bits per heavy atom. The van der Waals surface area contributed by atoms with E-state index in [-0.39, 0.29) is 0 Å². The molecular formula is C8H16BrNO2S. The third kappa shape index (κ3) is 5.65. The van der Waals surface area contributed by atoms with Crippen molar-refractivity contribution in [2.45, 2.75) is 31.0 Å². The van der Waals surface area contributed by atoms with Crippen LogP contribution in [0.15, 0.2) is 0 Å². The van der Waals surface area contributed by atoms with Gasteiger partial charge in [0.15, 0.2) is 0 Å². The second-order valence-corrected chi connectivity index (χ2v) is 7.10. The van der Waals surface area contributed by atoms with Gasteiger partial charge in [-0.3, -0.25) is 0 Å². The van der Waals surface area contributed by atoms with Crippen molar-refractivity contribution in [3.8, 4) is 0 Å². The van der Waals surface area contributed by atoms with Gasteiger partial charge in [0.1, 0.15) is 0 Å². The topological polar surface area (TPSA) is 46.2 Å². The highest BCUT2D eigenvalue weighted by Crippen LogP contribution is 2.29. The number of halogens is 1. The van der Waals surface area contributed by atoms with E-state index < -0.39 is 10.0 Å². The van der Waals surface area contributed by atoms with Crippen LogP contribution in [-0.2, 0) is 10.0 Å². The van der Waals surface area contributed by atoms with Crippen molar-refractivity contribution >= 4 is 26.0 Å². The molecule has 0 saturated heterocycles. The summed E-state index contributed by atoms with van der Waals surface area (Å²) in [6.45, 7) is 2.55. The molecule has 0 amide bonds. The molecule has 0 aromatic heterocycles. The van der Waals surface area contributed by atoms with E-state index in [0.717, 1.165) is 19.3 Å². The monoisotopic (exact) mass is 269 g/mol. The standard InChI is InChI=1S/C8H16BrNO2S/c1-7(9)4-5-10-13(11,12)6-8-2-3-8/h7-8,10H,2-6H2,1H3. The smallest absolute Gasteiger partial charge is 0.211 e. The van der Waals surface area contributed by atoms with E-state index in [1.54, 1.807) is 0 Å². The summed E-state index contributed by atoms with van der Waals surface area (Å²) in [5.41, 5.74) is 0. The maximum Gasteiger partial charge on any atom is 0.211 e. The summed E-state index contributed by atoms with van der Waals surface area (Å²) in [7, 11) is -2.98. The largest absolute Gasteiger partial charge is 0.215 e. The normalized spacial score (nSPS) is 20.2. The molecule has 1 unspecified atom stereocenters. The average Bonchev–Trinajstić information content (AvgIpc) is 2.68. The van der Waals surface area contributed by atoms with Gasteiger partial charge >= 0.3 is 0 Å². The average molecular weight is 270 g/mol. The van der Waals surface area contributed by atoms with Crippen molar-refractivity contribution in [2.75, 3.05) is 12.3 Å². The van der Waals surface area contributed by atoms with Gasteiger partial charge in [-0.1, -0.05) is 22.9 Å². The summed E-state index contributed by atoms with van der Waals surface area (Å²) in [6.07, 6.45) is 3.00. The fourth-order valence-corrected chi connectivity index (χ4v) is 2.80. The summed E-state index contributed by atoms with van der Waals surface area (Å²) < 4.78 is 25.3. The van der Waals surface area contributed by atoms with Gasteiger partial charge in [0.25, 0.3) is 0 Å². The van der Waals surface area contributed by atoms with Crippen LogP contribution < -0.4 is 4.72 Å². The molecule has 1 fully saturated rings. The molecular weight excluding hydrogens is 254 g/mol. The van der Waals surface area contributed by atoms with Crippen molar-refractivity contribution in [2.24, 2.45) is 5.92 Å². The quantitative estimate of drug-likeness (QED) is 0.743. The van der Waals surface area contributed by atoms with Gasteiger partial charge in [-0.25, -0.2) is 13.1 Å². The number of sulfonamides is 1. The zero-order valence-corrected chi connectivity index (χ0v) is 10.2. The first-order valence-electron chi connectivity index (χ1n) is 4.61. The number of hydrogen-bond acceptors (Lipinski definition) is 2. The van der Waals surface area contributed by atoms with Crippen molar-refractivity contribution in [3.63, 3.8) is 0 Å². The third-order valence-corrected chi connectivity index (χ3v) is 4.03. The number of alkyl halides is 1. The van der Waals surface area contributed by atoms with Gasteiger partial charge in [0.05, 0.1) is 5.75 Å². The van der Waals surface area contributed by atoms with E-state index >= 15 is 0 Å². The molecule has 78 valence electrons. The molecule has 13 heavy (non-hydrogen) atoms. The Labute approximate surface area is 88.5 Å². The van der Waals surface area contributed by atoms with Crippen molar-refractivity contribution in [1.29, 1.82) is 0 Å². The van der Waals surface area contributed by atoms with E-state index in [1.807, 2.05) is 6.92 Å². The third-order valence-electron chi connectivity index (χ3n) is 2.02. The first-order valence-corrected chi connectivity index (χ1v) is 7.18. The van der Waals surface area contributed by atoms with Crippen LogP contribution in [0.5, 0.6) is 0 Å². The van der Waals surface area contributed by atoms with Gasteiger partial charge < -0.3 is 0 Å². The van der Waals surface area contributed by atoms with Crippen LogP contribution in [0.4, 0.5) is 0 Å². The molecule has 0 aliphatic heterocycles. The lowest BCUT2D eigenvalue weighted by atomic mass is 10.3. The van der Waals surface area contributed by atoms with Crippen LogP contribution in [-0.4, -0.2) is 25.5 Å². The van der Waals surface area contributed by atoms with Crippen LogP contribution in [0.1, 0.15) is 26.2 Å². The van der Waals surface area contributed by atoms with Gasteiger partial charge in [-0.15, -0.1) is 0 Å². The second-order valence-electron chi connectivity index (χ2n) is 3.69. The predicted octanol–water partition coefficient (Wildman–Crippen LogP) is 1.49. The predicted molar refractivity (Wildman–Crippen MR) is 57.5 cm³/mol. The number of rotatable bonds is 6. The zero-order chi connectivity index (χ0) is 9.90. The molecule has 0 spiro atoms. The molecule has 1 N–H and O–H groups in total. The van der Waals surface area contributed by atoms with Gasteiger partial charge in [0.2, 0.25) is 10.0 Å². The molecule has 0 aromatic rings. The van der Waals surface area contributed by atoms with Gasteiger partial charge in [-0.05, 0) is 25.2 Å². The molecule has 1 saturated carbocycles. The first-order chi connectivity index (χ1) is 5.99. The van der Waals surface area contributed by atoms with Crippen LogP contribution in [0.2, 0.25) is 0 Å². The Morgan fingerprint density at radius 2 is 2.15 bits per heavy atom. The Kier molecular flexibility index (Phi) is 4.19. The maximum atomic E-state index is 11.3. The lowest BCUT2D eigenvalue weighted by Crippen LogP contribution is -2.29. The summed E-state index contributed by atoms with van der Waals surface area (Å²) in [5.74, 6) is 0.753. The lowest BCUT2D eigenvalue weighted by molar-refractivity contribution is 0.575. The fraction of sp³-hybridized carbons (Fsp3) is 1.00. The minimum absolute atomic E-state index is 0.323. The van der Waals surface area contributed by atoms with E-state index in [1.165, 1.54) is 0 Å². The van der Waals surface area contributed by atoms with Crippen molar-refractivity contribution in [1.82, 2.24) is 4.72 Å². The van der Waals surface area contributed by atoms with Crippen molar-refractivity contribution < 1.29 is 8.42 Å². The lowest BCUT2D eigenvalue weighted by Gasteiger charge is -2.06. The maximum absolute atomic E-state index is 11.3. The molecule has 3 nitrogen and oxygen atoms in total. The Hall–Kier alpha value is 0.390. The molecule has 0 aromatic carbocycles. The number of nitrogens with one attached hydrogen (secondary N) is 1. The van der Waals surface area contributed by atoms with Crippen LogP contribution in [0.3, 0.4) is 0 Å². The minimum atomic E-state index is -2.98. The van der Waals surface area contributed by atoms with Crippen LogP contribution >= 0.6 is 15.9 Å². The molecule has 5 heteroatoms. The molecule has 1 aliphatic carbocycles. The Bertz CT molecular complexity index is 247. The summed E-state index contributed by atoms with van der Waals surface area (Å²) in [5, 5.41) is 0. The fourth-order valence-electron chi connectivity index (χ4n) is 1.07. The van der Waals surface area contributed by atoms with E-state index in [0.29, 0.717) is 23.0 Å². The Balaban J connectivity index is 2.17. The first kappa shape index (κ1) is 11.5. The van der Waals surface area contributed by atoms with Gasteiger partial charge in [-0.2, -0.15) is 0 Å². The van der Waals surface area contributed by atoms with E-state index in [4.69, 9.17) is 0 Å².